The molecule has 0 bridgehead atoms. The van der Waals surface area contributed by atoms with Crippen LogP contribution in [0.15, 0.2) is 11.6 Å². The van der Waals surface area contributed by atoms with Crippen LogP contribution in [0.25, 0.3) is 0 Å². The van der Waals surface area contributed by atoms with Crippen LogP contribution in [0, 0.1) is 17.3 Å². The summed E-state index contributed by atoms with van der Waals surface area (Å²) < 4.78 is 0. The highest BCUT2D eigenvalue weighted by Crippen LogP contribution is 2.54. The van der Waals surface area contributed by atoms with E-state index in [2.05, 4.69) is 39.1 Å². The molecule has 0 spiro atoms. The van der Waals surface area contributed by atoms with Crippen molar-refractivity contribution in [3.05, 3.63) is 11.6 Å². The van der Waals surface area contributed by atoms with Crippen molar-refractivity contribution >= 4 is 6.41 Å². The zero-order valence-electron chi connectivity index (χ0n) is 12.3. The summed E-state index contributed by atoms with van der Waals surface area (Å²) in [5.41, 5.74) is 1.66. The number of allylic oxidation sites excluding steroid dienone is 1. The molecule has 0 aromatic carbocycles. The molecule has 0 saturated heterocycles. The van der Waals surface area contributed by atoms with E-state index in [4.69, 9.17) is 0 Å². The molecule has 0 aromatic rings. The van der Waals surface area contributed by atoms with Gasteiger partial charge in [-0.15, -0.1) is 0 Å². The molecule has 18 heavy (non-hydrogen) atoms. The van der Waals surface area contributed by atoms with E-state index in [1.807, 2.05) is 0 Å². The van der Waals surface area contributed by atoms with Gasteiger partial charge in [-0.2, -0.15) is 0 Å². The number of carbonyl (C=O) groups is 1. The predicted octanol–water partition coefficient (Wildman–Crippen LogP) is 3.67. The standard InChI is InChI=1S/C16H27NO/c1-12(2)14-7-9-15(4)8-5-6-13(3)16(15,10-14)17-11-18/h10-13H,5-9H2,1-4H3,(H,17,18)/t13-,15-,16-/m0/s1. The van der Waals surface area contributed by atoms with E-state index < -0.39 is 0 Å². The van der Waals surface area contributed by atoms with Crippen molar-refractivity contribution in [2.75, 3.05) is 0 Å². The number of amides is 1. The lowest BCUT2D eigenvalue weighted by Gasteiger charge is -2.57. The van der Waals surface area contributed by atoms with Crippen molar-refractivity contribution in [1.82, 2.24) is 5.32 Å². The van der Waals surface area contributed by atoms with E-state index in [1.54, 1.807) is 0 Å². The molecule has 2 rings (SSSR count). The quantitative estimate of drug-likeness (QED) is 0.600. The molecule has 2 aliphatic carbocycles. The van der Waals surface area contributed by atoms with Gasteiger partial charge in [0, 0.05) is 0 Å². The molecule has 0 radical (unpaired) electrons. The molecular weight excluding hydrogens is 222 g/mol. The average molecular weight is 249 g/mol. The van der Waals surface area contributed by atoms with Crippen LogP contribution in [0.5, 0.6) is 0 Å². The molecule has 1 saturated carbocycles. The number of hydrogen-bond donors (Lipinski definition) is 1. The summed E-state index contributed by atoms with van der Waals surface area (Å²) in [6.07, 6.45) is 9.49. The molecule has 0 unspecified atom stereocenters. The maximum absolute atomic E-state index is 11.1. The van der Waals surface area contributed by atoms with Crippen LogP contribution in [-0.2, 0) is 4.79 Å². The Bertz CT molecular complexity index is 360. The van der Waals surface area contributed by atoms with Gasteiger partial charge in [-0.3, -0.25) is 4.79 Å². The second kappa shape index (κ2) is 4.71. The van der Waals surface area contributed by atoms with Gasteiger partial charge >= 0.3 is 0 Å². The molecule has 1 amide bonds. The Kier molecular flexibility index (Phi) is 3.57. The van der Waals surface area contributed by atoms with Crippen LogP contribution in [0.2, 0.25) is 0 Å². The molecular formula is C16H27NO. The van der Waals surface area contributed by atoms with Crippen molar-refractivity contribution in [2.24, 2.45) is 17.3 Å². The highest BCUT2D eigenvalue weighted by Gasteiger charge is 2.53. The van der Waals surface area contributed by atoms with Gasteiger partial charge in [-0.05, 0) is 42.9 Å². The van der Waals surface area contributed by atoms with E-state index >= 15 is 0 Å². The summed E-state index contributed by atoms with van der Waals surface area (Å²) in [5.74, 6) is 1.13. The van der Waals surface area contributed by atoms with Crippen LogP contribution in [0.3, 0.4) is 0 Å². The lowest BCUT2D eigenvalue weighted by molar-refractivity contribution is -0.114. The van der Waals surface area contributed by atoms with Gasteiger partial charge in [0.05, 0.1) is 5.54 Å². The summed E-state index contributed by atoms with van der Waals surface area (Å²) in [4.78, 5) is 11.1. The van der Waals surface area contributed by atoms with Gasteiger partial charge in [0.25, 0.3) is 0 Å². The lowest BCUT2D eigenvalue weighted by Crippen LogP contribution is -2.63. The Morgan fingerprint density at radius 1 is 1.44 bits per heavy atom. The fraction of sp³-hybridized carbons (Fsp3) is 0.812. The second-order valence-electron chi connectivity index (χ2n) is 6.86. The van der Waals surface area contributed by atoms with Crippen LogP contribution < -0.4 is 5.32 Å². The lowest BCUT2D eigenvalue weighted by atomic mass is 9.53. The van der Waals surface area contributed by atoms with E-state index in [0.717, 1.165) is 6.41 Å². The molecule has 2 heteroatoms. The first-order valence-electron chi connectivity index (χ1n) is 7.38. The molecule has 102 valence electrons. The smallest absolute Gasteiger partial charge is 0.207 e. The van der Waals surface area contributed by atoms with Gasteiger partial charge < -0.3 is 5.32 Å². The van der Waals surface area contributed by atoms with Crippen LogP contribution in [0.4, 0.5) is 0 Å². The van der Waals surface area contributed by atoms with Crippen molar-refractivity contribution < 1.29 is 4.79 Å². The van der Waals surface area contributed by atoms with Crippen molar-refractivity contribution in [3.63, 3.8) is 0 Å². The maximum atomic E-state index is 11.1. The summed E-state index contributed by atoms with van der Waals surface area (Å²) >= 11 is 0. The Hall–Kier alpha value is -0.790. The molecule has 0 aliphatic heterocycles. The third kappa shape index (κ3) is 1.90. The monoisotopic (exact) mass is 249 g/mol. The summed E-state index contributed by atoms with van der Waals surface area (Å²) in [5, 5.41) is 3.22. The van der Waals surface area contributed by atoms with E-state index in [-0.39, 0.29) is 11.0 Å². The van der Waals surface area contributed by atoms with Gasteiger partial charge in [0.1, 0.15) is 0 Å². The fourth-order valence-electron chi connectivity index (χ4n) is 4.17. The van der Waals surface area contributed by atoms with Gasteiger partial charge in [-0.1, -0.05) is 45.8 Å². The highest BCUT2D eigenvalue weighted by atomic mass is 16.1. The molecule has 2 aliphatic rings. The largest absolute Gasteiger partial charge is 0.349 e. The number of rotatable bonds is 3. The topological polar surface area (TPSA) is 29.1 Å². The van der Waals surface area contributed by atoms with Gasteiger partial charge in [0.15, 0.2) is 0 Å². The maximum Gasteiger partial charge on any atom is 0.207 e. The normalized spacial score (nSPS) is 40.1. The third-order valence-corrected chi connectivity index (χ3v) is 5.56. The molecule has 2 nitrogen and oxygen atoms in total. The molecule has 1 fully saturated rings. The van der Waals surface area contributed by atoms with Crippen LogP contribution in [0.1, 0.15) is 59.8 Å². The fourth-order valence-corrected chi connectivity index (χ4v) is 4.17. The SMILES string of the molecule is CC(C)C1=C[C@]2(NC=O)[C@@H](C)CCC[C@@]2(C)CC1. The van der Waals surface area contributed by atoms with E-state index in [0.29, 0.717) is 11.8 Å². The third-order valence-electron chi connectivity index (χ3n) is 5.56. The zero-order valence-corrected chi connectivity index (χ0v) is 12.3. The van der Waals surface area contributed by atoms with Gasteiger partial charge in [-0.25, -0.2) is 0 Å². The Morgan fingerprint density at radius 3 is 2.78 bits per heavy atom. The minimum absolute atomic E-state index is 0.106. The minimum Gasteiger partial charge on any atom is -0.349 e. The number of nitrogens with one attached hydrogen (secondary N) is 1. The van der Waals surface area contributed by atoms with Crippen LogP contribution in [-0.4, -0.2) is 11.9 Å². The second-order valence-corrected chi connectivity index (χ2v) is 6.86. The molecule has 1 N–H and O–H groups in total. The Labute approximate surface area is 111 Å². The van der Waals surface area contributed by atoms with E-state index in [9.17, 15) is 4.79 Å². The van der Waals surface area contributed by atoms with Crippen molar-refractivity contribution in [3.8, 4) is 0 Å². The first-order chi connectivity index (χ1) is 8.45. The van der Waals surface area contributed by atoms with Crippen molar-refractivity contribution in [1.29, 1.82) is 0 Å². The molecule has 0 aromatic heterocycles. The number of carbonyl (C=O) groups excluding carboxylic acids is 1. The average Bonchev–Trinajstić information content (AvgIpc) is 2.31. The Morgan fingerprint density at radius 2 is 2.17 bits per heavy atom. The van der Waals surface area contributed by atoms with E-state index in [1.165, 1.54) is 37.7 Å². The molecule has 3 atom stereocenters. The minimum atomic E-state index is -0.106. The van der Waals surface area contributed by atoms with Gasteiger partial charge in [0.2, 0.25) is 6.41 Å². The van der Waals surface area contributed by atoms with Crippen LogP contribution >= 0.6 is 0 Å². The number of fused-ring (bicyclic) bond motifs is 1. The first-order valence-corrected chi connectivity index (χ1v) is 7.38. The summed E-state index contributed by atoms with van der Waals surface area (Å²) in [6.45, 7) is 9.19. The zero-order chi connectivity index (χ0) is 13.4. The van der Waals surface area contributed by atoms with Crippen molar-refractivity contribution in [2.45, 2.75) is 65.3 Å². The highest BCUT2D eigenvalue weighted by molar-refractivity contribution is 5.51. The number of hydrogen-bond acceptors (Lipinski definition) is 1. The summed E-state index contributed by atoms with van der Waals surface area (Å²) in [6, 6.07) is 0. The molecule has 0 heterocycles. The Balaban J connectivity index is 2.47. The first kappa shape index (κ1) is 13.6. The predicted molar refractivity (Wildman–Crippen MR) is 75.2 cm³/mol. The summed E-state index contributed by atoms with van der Waals surface area (Å²) in [7, 11) is 0.